The molecule has 0 radical (unpaired) electrons. The fourth-order valence-corrected chi connectivity index (χ4v) is 3.58. The van der Waals surface area contributed by atoms with Gasteiger partial charge in [0.2, 0.25) is 0 Å². The predicted octanol–water partition coefficient (Wildman–Crippen LogP) is 4.41. The van der Waals surface area contributed by atoms with Crippen molar-refractivity contribution < 1.29 is 23.8 Å². The molecule has 1 saturated heterocycles. The van der Waals surface area contributed by atoms with Crippen molar-refractivity contribution in [2.24, 2.45) is 0 Å². The number of pyridine rings is 1. The van der Waals surface area contributed by atoms with Crippen LogP contribution in [0.15, 0.2) is 91.2 Å². The van der Waals surface area contributed by atoms with Crippen LogP contribution in [-0.2, 0) is 9.59 Å². The average Bonchev–Trinajstić information content (AvgIpc) is 3.08. The third-order valence-corrected chi connectivity index (χ3v) is 5.04. The zero-order valence-corrected chi connectivity index (χ0v) is 16.9. The molecule has 160 valence electrons. The molecule has 0 saturated carbocycles. The maximum absolute atomic E-state index is 14.8. The third kappa shape index (κ3) is 3.76. The van der Waals surface area contributed by atoms with E-state index in [0.717, 1.165) is 4.90 Å². The molecule has 1 atom stereocenters. The van der Waals surface area contributed by atoms with Crippen LogP contribution in [-0.4, -0.2) is 28.4 Å². The number of ketones is 1. The largest absolute Gasteiger partial charge is 0.507 e. The van der Waals surface area contributed by atoms with E-state index >= 15 is 0 Å². The highest BCUT2D eigenvalue weighted by molar-refractivity contribution is 6.51. The van der Waals surface area contributed by atoms with E-state index in [1.54, 1.807) is 54.6 Å². The molecule has 0 aliphatic carbocycles. The second-order valence-corrected chi connectivity index (χ2v) is 7.00. The molecule has 0 unspecified atom stereocenters. The fraction of sp³-hybridized carbons (Fsp3) is 0.0800. The predicted molar refractivity (Wildman–Crippen MR) is 118 cm³/mol. The van der Waals surface area contributed by atoms with Gasteiger partial charge in [0.25, 0.3) is 5.78 Å². The first-order chi connectivity index (χ1) is 15.5. The summed E-state index contributed by atoms with van der Waals surface area (Å²) in [6.07, 6.45) is 3.07. The summed E-state index contributed by atoms with van der Waals surface area (Å²) in [7, 11) is 0. The van der Waals surface area contributed by atoms with E-state index in [2.05, 4.69) is 11.6 Å². The van der Waals surface area contributed by atoms with Gasteiger partial charge in [-0.2, -0.15) is 0 Å². The first kappa shape index (κ1) is 21.0. The molecule has 6 nitrogen and oxygen atoms in total. The summed E-state index contributed by atoms with van der Waals surface area (Å²) < 4.78 is 20.2. The van der Waals surface area contributed by atoms with E-state index in [4.69, 9.17) is 4.74 Å². The summed E-state index contributed by atoms with van der Waals surface area (Å²) in [6, 6.07) is 15.8. The smallest absolute Gasteiger partial charge is 0.301 e. The molecule has 1 fully saturated rings. The Hall–Kier alpha value is -4.26. The maximum atomic E-state index is 14.8. The van der Waals surface area contributed by atoms with Crippen molar-refractivity contribution in [3.8, 4) is 5.75 Å². The molecule has 1 aromatic heterocycles. The number of carbonyl (C=O) groups excluding carboxylic acids is 2. The van der Waals surface area contributed by atoms with Crippen molar-refractivity contribution in [2.75, 3.05) is 11.5 Å². The van der Waals surface area contributed by atoms with Crippen molar-refractivity contribution in [2.45, 2.75) is 6.04 Å². The number of aliphatic hydroxyl groups excluding tert-OH is 1. The van der Waals surface area contributed by atoms with Crippen LogP contribution in [0.25, 0.3) is 5.76 Å². The first-order valence-corrected chi connectivity index (χ1v) is 9.83. The number of amides is 1. The molecule has 3 aromatic rings. The second kappa shape index (κ2) is 8.85. The van der Waals surface area contributed by atoms with Gasteiger partial charge in [0.1, 0.15) is 29.8 Å². The molecule has 4 rings (SSSR count). The standard InChI is InChI=1S/C25H19FN2O4/c1-2-15-32-17-12-10-16(11-13-17)23(29)21-22(18-7-3-4-8-19(18)26)28(25(31)24(21)30)20-9-5-6-14-27-20/h2-14,22,29H,1,15H2/b23-21+/t22-/m1/s1. The van der Waals surface area contributed by atoms with Crippen LogP contribution in [0.2, 0.25) is 0 Å². The van der Waals surface area contributed by atoms with E-state index < -0.39 is 29.3 Å². The van der Waals surface area contributed by atoms with Gasteiger partial charge in [0, 0.05) is 17.3 Å². The van der Waals surface area contributed by atoms with Gasteiger partial charge >= 0.3 is 5.91 Å². The molecular weight excluding hydrogens is 411 g/mol. The van der Waals surface area contributed by atoms with Crippen molar-refractivity contribution in [1.29, 1.82) is 0 Å². The Morgan fingerprint density at radius 1 is 1.09 bits per heavy atom. The molecular formula is C25H19FN2O4. The van der Waals surface area contributed by atoms with Gasteiger partial charge in [-0.3, -0.25) is 14.5 Å². The van der Waals surface area contributed by atoms with Crippen molar-refractivity contribution in [3.63, 3.8) is 0 Å². The van der Waals surface area contributed by atoms with Gasteiger partial charge < -0.3 is 9.84 Å². The molecule has 1 aliphatic rings. The van der Waals surface area contributed by atoms with Gasteiger partial charge in [-0.25, -0.2) is 9.37 Å². The summed E-state index contributed by atoms with van der Waals surface area (Å²) in [4.78, 5) is 31.2. The molecule has 7 heteroatoms. The third-order valence-electron chi connectivity index (χ3n) is 5.04. The van der Waals surface area contributed by atoms with Crippen molar-refractivity contribution in [3.05, 3.63) is 108 Å². The van der Waals surface area contributed by atoms with Gasteiger partial charge in [0.05, 0.1) is 11.6 Å². The van der Waals surface area contributed by atoms with E-state index in [-0.39, 0.29) is 22.5 Å². The number of rotatable bonds is 6. The number of Topliss-reactive ketones (excluding diaryl/α,β-unsaturated/α-hetero) is 1. The van der Waals surface area contributed by atoms with Crippen molar-refractivity contribution in [1.82, 2.24) is 4.98 Å². The lowest BCUT2D eigenvalue weighted by Gasteiger charge is -2.24. The minimum absolute atomic E-state index is 0.0739. The van der Waals surface area contributed by atoms with E-state index in [0.29, 0.717) is 12.4 Å². The van der Waals surface area contributed by atoms with Crippen LogP contribution in [0.5, 0.6) is 5.75 Å². The number of hydrogen-bond donors (Lipinski definition) is 1. The Morgan fingerprint density at radius 3 is 2.47 bits per heavy atom. The van der Waals surface area contributed by atoms with E-state index in [1.807, 2.05) is 0 Å². The zero-order chi connectivity index (χ0) is 22.7. The molecule has 1 amide bonds. The lowest BCUT2D eigenvalue weighted by atomic mass is 9.95. The quantitative estimate of drug-likeness (QED) is 0.271. The summed E-state index contributed by atoms with van der Waals surface area (Å²) in [5.74, 6) is -2.13. The number of anilines is 1. The number of ether oxygens (including phenoxy) is 1. The lowest BCUT2D eigenvalue weighted by Crippen LogP contribution is -2.30. The van der Waals surface area contributed by atoms with Crippen molar-refractivity contribution >= 4 is 23.3 Å². The number of nitrogens with zero attached hydrogens (tertiary/aromatic N) is 2. The van der Waals surface area contributed by atoms with Crippen LogP contribution in [0.3, 0.4) is 0 Å². The summed E-state index contributed by atoms with van der Waals surface area (Å²) in [6.45, 7) is 3.90. The average molecular weight is 430 g/mol. The van der Waals surface area contributed by atoms with Gasteiger partial charge in [-0.15, -0.1) is 0 Å². The van der Waals surface area contributed by atoms with E-state index in [1.165, 1.54) is 24.4 Å². The summed E-state index contributed by atoms with van der Waals surface area (Å²) in [5, 5.41) is 11.0. The number of halogens is 1. The number of carbonyl (C=O) groups is 2. The van der Waals surface area contributed by atoms with Crippen LogP contribution in [0.1, 0.15) is 17.2 Å². The molecule has 1 aliphatic heterocycles. The second-order valence-electron chi connectivity index (χ2n) is 7.00. The first-order valence-electron chi connectivity index (χ1n) is 9.83. The van der Waals surface area contributed by atoms with Gasteiger partial charge in [-0.05, 0) is 42.5 Å². The SMILES string of the molecule is C=CCOc1ccc(/C(O)=C2\C(=O)C(=O)N(c3ccccn3)[C@@H]2c2ccccc2F)cc1. The fourth-order valence-electron chi connectivity index (χ4n) is 3.58. The monoisotopic (exact) mass is 430 g/mol. The Kier molecular flexibility index (Phi) is 5.81. The minimum Gasteiger partial charge on any atom is -0.507 e. The Labute approximate surface area is 183 Å². The number of benzene rings is 2. The molecule has 0 bridgehead atoms. The van der Waals surface area contributed by atoms with Gasteiger partial charge in [-0.1, -0.05) is 36.9 Å². The summed E-state index contributed by atoms with van der Waals surface area (Å²) >= 11 is 0. The number of aliphatic hydroxyl groups is 1. The highest BCUT2D eigenvalue weighted by Gasteiger charge is 2.48. The van der Waals surface area contributed by atoms with Crippen LogP contribution in [0.4, 0.5) is 10.2 Å². The lowest BCUT2D eigenvalue weighted by molar-refractivity contribution is -0.132. The summed E-state index contributed by atoms with van der Waals surface area (Å²) in [5.41, 5.74) is 0.145. The topological polar surface area (TPSA) is 79.7 Å². The van der Waals surface area contributed by atoms with Crippen LogP contribution < -0.4 is 9.64 Å². The molecule has 2 aromatic carbocycles. The highest BCUT2D eigenvalue weighted by Crippen LogP contribution is 2.42. The van der Waals surface area contributed by atoms with Gasteiger partial charge in [0.15, 0.2) is 0 Å². The van der Waals surface area contributed by atoms with Crippen LogP contribution in [0, 0.1) is 5.82 Å². The minimum atomic E-state index is -1.18. The number of aromatic nitrogens is 1. The molecule has 2 heterocycles. The normalized spacial score (nSPS) is 17.4. The maximum Gasteiger partial charge on any atom is 0.301 e. The van der Waals surface area contributed by atoms with Crippen LogP contribution >= 0.6 is 0 Å². The Bertz CT molecular complexity index is 1210. The molecule has 0 spiro atoms. The molecule has 32 heavy (non-hydrogen) atoms. The Morgan fingerprint density at radius 2 is 1.81 bits per heavy atom. The molecule has 1 N–H and O–H groups in total. The zero-order valence-electron chi connectivity index (χ0n) is 16.9. The highest BCUT2D eigenvalue weighted by atomic mass is 19.1. The number of hydrogen-bond acceptors (Lipinski definition) is 5. The Balaban J connectivity index is 1.87. The van der Waals surface area contributed by atoms with E-state index in [9.17, 15) is 19.1 Å².